The highest BCUT2D eigenvalue weighted by atomic mass is 16.5. The van der Waals surface area contributed by atoms with Crippen molar-refractivity contribution in [3.05, 3.63) is 24.3 Å². The molecule has 2 atom stereocenters. The van der Waals surface area contributed by atoms with E-state index in [0.717, 1.165) is 70.6 Å². The normalized spacial score (nSPS) is 12.9. The third-order valence-electron chi connectivity index (χ3n) is 11.2. The van der Waals surface area contributed by atoms with Crippen LogP contribution in [0.25, 0.3) is 0 Å². The molecule has 6 heteroatoms. The minimum absolute atomic E-state index is 0.00973. The Morgan fingerprint density at radius 3 is 1.27 bits per heavy atom. The van der Waals surface area contributed by atoms with Gasteiger partial charge >= 0.3 is 5.97 Å². The van der Waals surface area contributed by atoms with Crippen molar-refractivity contribution in [3.63, 3.8) is 0 Å². The summed E-state index contributed by atoms with van der Waals surface area (Å²) in [7, 11) is 0. The summed E-state index contributed by atoms with van der Waals surface area (Å²) in [6.07, 6.45) is 53.2. The van der Waals surface area contributed by atoms with Crippen molar-refractivity contribution in [2.45, 2.75) is 270 Å². The van der Waals surface area contributed by atoms with Gasteiger partial charge in [-0.2, -0.15) is 0 Å². The topological polar surface area (TPSA) is 95.9 Å². The molecule has 0 fully saturated rings. The number of rotatable bonds is 45. The number of allylic oxidation sites excluding steroid dienone is 3. The smallest absolute Gasteiger partial charge is 0.305 e. The number of carbonyl (C=O) groups is 2. The highest BCUT2D eigenvalue weighted by Crippen LogP contribution is 2.15. The Bertz CT molecular complexity index is 874. The van der Waals surface area contributed by atoms with Crippen LogP contribution in [0.4, 0.5) is 0 Å². The zero-order valence-electron chi connectivity index (χ0n) is 37.4. The lowest BCUT2D eigenvalue weighted by molar-refractivity contribution is -0.143. The molecule has 0 heterocycles. The molecular formula is C50H95NO5. The van der Waals surface area contributed by atoms with E-state index in [-0.39, 0.29) is 18.5 Å². The first-order chi connectivity index (χ1) is 27.5. The third-order valence-corrected chi connectivity index (χ3v) is 11.2. The van der Waals surface area contributed by atoms with Gasteiger partial charge in [0.05, 0.1) is 25.4 Å². The number of aliphatic hydroxyl groups is 2. The molecule has 0 bridgehead atoms. The van der Waals surface area contributed by atoms with E-state index in [0.29, 0.717) is 19.4 Å². The molecule has 0 aliphatic carbocycles. The Labute approximate surface area is 348 Å². The van der Waals surface area contributed by atoms with E-state index in [9.17, 15) is 19.8 Å². The molecule has 0 aliphatic rings. The van der Waals surface area contributed by atoms with Gasteiger partial charge in [-0.15, -0.1) is 0 Å². The first-order valence-electron chi connectivity index (χ1n) is 24.6. The summed E-state index contributed by atoms with van der Waals surface area (Å²) in [6, 6.07) is -0.636. The zero-order valence-corrected chi connectivity index (χ0v) is 37.4. The van der Waals surface area contributed by atoms with Gasteiger partial charge in [0.2, 0.25) is 5.91 Å². The fourth-order valence-electron chi connectivity index (χ4n) is 7.39. The number of carbonyl (C=O) groups excluding carboxylic acids is 2. The Morgan fingerprint density at radius 2 is 0.839 bits per heavy atom. The van der Waals surface area contributed by atoms with Crippen molar-refractivity contribution < 1.29 is 24.5 Å². The Balaban J connectivity index is 3.48. The molecule has 0 radical (unpaired) electrons. The lowest BCUT2D eigenvalue weighted by atomic mass is 10.0. The van der Waals surface area contributed by atoms with Gasteiger partial charge in [-0.25, -0.2) is 0 Å². The van der Waals surface area contributed by atoms with Crippen LogP contribution >= 0.6 is 0 Å². The van der Waals surface area contributed by atoms with Crippen molar-refractivity contribution in [2.24, 2.45) is 0 Å². The van der Waals surface area contributed by atoms with Crippen LogP contribution in [0.1, 0.15) is 258 Å². The first-order valence-corrected chi connectivity index (χ1v) is 24.6. The summed E-state index contributed by atoms with van der Waals surface area (Å²) in [5.41, 5.74) is 0. The van der Waals surface area contributed by atoms with Crippen LogP contribution in [0, 0.1) is 0 Å². The predicted molar refractivity (Wildman–Crippen MR) is 241 cm³/mol. The van der Waals surface area contributed by atoms with Crippen molar-refractivity contribution in [1.82, 2.24) is 5.32 Å². The molecule has 0 saturated heterocycles. The van der Waals surface area contributed by atoms with E-state index in [2.05, 4.69) is 31.3 Å². The molecule has 0 aromatic rings. The monoisotopic (exact) mass is 790 g/mol. The van der Waals surface area contributed by atoms with Crippen molar-refractivity contribution in [3.8, 4) is 0 Å². The number of amides is 1. The lowest BCUT2D eigenvalue weighted by Crippen LogP contribution is -2.45. The molecule has 0 spiro atoms. The molecule has 1 amide bonds. The lowest BCUT2D eigenvalue weighted by Gasteiger charge is -2.20. The number of nitrogens with one attached hydrogen (secondary N) is 1. The highest BCUT2D eigenvalue weighted by molar-refractivity contribution is 5.76. The minimum Gasteiger partial charge on any atom is -0.466 e. The van der Waals surface area contributed by atoms with Crippen LogP contribution in [-0.4, -0.2) is 47.4 Å². The van der Waals surface area contributed by atoms with E-state index in [1.165, 1.54) is 161 Å². The molecule has 3 N–H and O–H groups in total. The summed E-state index contributed by atoms with van der Waals surface area (Å²) in [5, 5.41) is 22.9. The second-order valence-electron chi connectivity index (χ2n) is 16.8. The van der Waals surface area contributed by atoms with E-state index in [1.807, 2.05) is 6.08 Å². The van der Waals surface area contributed by atoms with Gasteiger partial charge in [0.25, 0.3) is 0 Å². The zero-order chi connectivity index (χ0) is 40.8. The fraction of sp³-hybridized carbons (Fsp3) is 0.880. The molecule has 0 aromatic carbocycles. The molecule has 56 heavy (non-hydrogen) atoms. The molecule has 0 aliphatic heterocycles. The van der Waals surface area contributed by atoms with E-state index in [4.69, 9.17) is 4.74 Å². The van der Waals surface area contributed by atoms with Gasteiger partial charge in [-0.05, 0) is 57.8 Å². The quantitative estimate of drug-likeness (QED) is 0.0324. The molecule has 0 rings (SSSR count). The Morgan fingerprint density at radius 1 is 0.482 bits per heavy atom. The average molecular weight is 790 g/mol. The summed E-state index contributed by atoms with van der Waals surface area (Å²) < 4.78 is 5.45. The van der Waals surface area contributed by atoms with Gasteiger partial charge in [0, 0.05) is 12.8 Å². The van der Waals surface area contributed by atoms with Gasteiger partial charge in [-0.1, -0.05) is 212 Å². The second-order valence-corrected chi connectivity index (χ2v) is 16.8. The SMILES string of the molecule is CCCCCCCCCC/C=C/C(O)C(CO)NC(=O)CCCCCCCCC/C=C\CCCCCCOC(=O)CCCCCCCCCCCCCCCC. The number of unbranched alkanes of at least 4 members (excludes halogenated alkanes) is 32. The number of ether oxygens (including phenoxy) is 1. The maximum atomic E-state index is 12.4. The first kappa shape index (κ1) is 54.3. The maximum Gasteiger partial charge on any atom is 0.305 e. The minimum atomic E-state index is -0.851. The van der Waals surface area contributed by atoms with Crippen LogP contribution < -0.4 is 5.32 Å². The molecule has 0 saturated carbocycles. The van der Waals surface area contributed by atoms with Gasteiger partial charge in [0.1, 0.15) is 0 Å². The van der Waals surface area contributed by atoms with Crippen molar-refractivity contribution in [2.75, 3.05) is 13.2 Å². The summed E-state index contributed by atoms with van der Waals surface area (Å²) in [5.74, 6) is -0.0953. The van der Waals surface area contributed by atoms with Gasteiger partial charge in [-0.3, -0.25) is 9.59 Å². The number of aliphatic hydroxyl groups excluding tert-OH is 2. The van der Waals surface area contributed by atoms with Crippen molar-refractivity contribution >= 4 is 11.9 Å². The number of esters is 1. The van der Waals surface area contributed by atoms with Crippen LogP contribution in [0.3, 0.4) is 0 Å². The highest BCUT2D eigenvalue weighted by Gasteiger charge is 2.18. The van der Waals surface area contributed by atoms with Gasteiger partial charge < -0.3 is 20.3 Å². The average Bonchev–Trinajstić information content (AvgIpc) is 3.20. The molecular weight excluding hydrogens is 695 g/mol. The van der Waals surface area contributed by atoms with E-state index >= 15 is 0 Å². The number of hydrogen-bond donors (Lipinski definition) is 3. The van der Waals surface area contributed by atoms with Gasteiger partial charge in [0.15, 0.2) is 0 Å². The van der Waals surface area contributed by atoms with E-state index < -0.39 is 12.1 Å². The summed E-state index contributed by atoms with van der Waals surface area (Å²) >= 11 is 0. The largest absolute Gasteiger partial charge is 0.466 e. The van der Waals surface area contributed by atoms with Crippen molar-refractivity contribution in [1.29, 1.82) is 0 Å². The standard InChI is InChI=1S/C50H95NO5/c1-3-5-7-9-11-13-15-16-21-24-28-32-36-40-44-50(55)56-45-41-37-33-29-25-22-19-17-18-20-23-27-31-35-39-43-49(54)51-47(46-52)48(53)42-38-34-30-26-14-12-10-8-6-4-2/h19,22,38,42,47-48,52-53H,3-18,20-21,23-37,39-41,43-46H2,1-2H3,(H,51,54)/b22-19-,42-38+. The van der Waals surface area contributed by atoms with Crippen LogP contribution in [0.5, 0.6) is 0 Å². The second kappa shape index (κ2) is 46.0. The predicted octanol–water partition coefficient (Wildman–Crippen LogP) is 14.3. The molecule has 6 nitrogen and oxygen atoms in total. The van der Waals surface area contributed by atoms with Crippen LogP contribution in [-0.2, 0) is 14.3 Å². The number of hydrogen-bond acceptors (Lipinski definition) is 5. The molecule has 0 aromatic heterocycles. The maximum absolute atomic E-state index is 12.4. The van der Waals surface area contributed by atoms with E-state index in [1.54, 1.807) is 6.08 Å². The summed E-state index contributed by atoms with van der Waals surface area (Å²) in [6.45, 7) is 4.84. The Kier molecular flexibility index (Phi) is 44.7. The van der Waals surface area contributed by atoms with Crippen LogP contribution in [0.15, 0.2) is 24.3 Å². The summed E-state index contributed by atoms with van der Waals surface area (Å²) in [4.78, 5) is 24.4. The molecule has 330 valence electrons. The third kappa shape index (κ3) is 42.0. The Hall–Kier alpha value is -1.66. The fourth-order valence-corrected chi connectivity index (χ4v) is 7.39. The van der Waals surface area contributed by atoms with Crippen LogP contribution in [0.2, 0.25) is 0 Å². The molecule has 2 unspecified atom stereocenters.